The van der Waals surface area contributed by atoms with Gasteiger partial charge in [-0.1, -0.05) is 53.9 Å². The van der Waals surface area contributed by atoms with Gasteiger partial charge in [0, 0.05) is 6.54 Å². The summed E-state index contributed by atoms with van der Waals surface area (Å²) in [5.41, 5.74) is 0. The van der Waals surface area contributed by atoms with E-state index in [2.05, 4.69) is 39.5 Å². The molecule has 0 amide bonds. The van der Waals surface area contributed by atoms with Crippen LogP contribution in [-0.4, -0.2) is 24.5 Å². The Balaban J connectivity index is 3.38. The van der Waals surface area contributed by atoms with Gasteiger partial charge in [-0.05, 0) is 31.3 Å². The summed E-state index contributed by atoms with van der Waals surface area (Å²) >= 11 is 0. The average Bonchev–Trinajstić information content (AvgIpc) is 2.14. The molecule has 1 nitrogen and oxygen atoms in total. The van der Waals surface area contributed by atoms with Crippen LogP contribution in [0.2, 0.25) is 0 Å². The van der Waals surface area contributed by atoms with E-state index >= 15 is 0 Å². The Labute approximate surface area is 97.2 Å². The number of rotatable bonds is 9. The minimum atomic E-state index is 0.806. The summed E-state index contributed by atoms with van der Waals surface area (Å²) in [6.07, 6.45) is 5.60. The molecule has 1 heteroatoms. The molecule has 0 aromatic rings. The van der Waals surface area contributed by atoms with Crippen molar-refractivity contribution in [3.63, 3.8) is 0 Å². The van der Waals surface area contributed by atoms with Crippen molar-refractivity contribution in [1.82, 2.24) is 4.90 Å². The van der Waals surface area contributed by atoms with Crippen LogP contribution in [0.5, 0.6) is 0 Å². The van der Waals surface area contributed by atoms with Crippen LogP contribution in [0.3, 0.4) is 0 Å². The summed E-state index contributed by atoms with van der Waals surface area (Å²) in [5.74, 6) is 1.68. The highest BCUT2D eigenvalue weighted by molar-refractivity contribution is 4.58. The third-order valence-corrected chi connectivity index (χ3v) is 2.83. The van der Waals surface area contributed by atoms with Gasteiger partial charge in [-0.2, -0.15) is 0 Å². The molecule has 0 bridgehead atoms. The quantitative estimate of drug-likeness (QED) is 0.519. The molecule has 0 spiro atoms. The number of hydrogen-bond donors (Lipinski definition) is 0. The lowest BCUT2D eigenvalue weighted by molar-refractivity contribution is 0.250. The van der Waals surface area contributed by atoms with Gasteiger partial charge in [0.05, 0.1) is 0 Å². The molecule has 0 aliphatic heterocycles. The van der Waals surface area contributed by atoms with Crippen molar-refractivity contribution >= 4 is 0 Å². The Kier molecular flexibility index (Phi) is 9.18. The van der Waals surface area contributed by atoms with Gasteiger partial charge < -0.3 is 4.90 Å². The van der Waals surface area contributed by atoms with Crippen molar-refractivity contribution in [2.24, 2.45) is 11.8 Å². The predicted octanol–water partition coefficient (Wildman–Crippen LogP) is 4.18. The van der Waals surface area contributed by atoms with E-state index in [1.54, 1.807) is 0 Å². The highest BCUT2D eigenvalue weighted by Gasteiger charge is 2.04. The van der Waals surface area contributed by atoms with E-state index in [-0.39, 0.29) is 0 Å². The fourth-order valence-electron chi connectivity index (χ4n) is 1.96. The van der Waals surface area contributed by atoms with Crippen LogP contribution in [0, 0.1) is 11.8 Å². The minimum absolute atomic E-state index is 0.806. The second kappa shape index (κ2) is 9.21. The molecule has 0 unspecified atom stereocenters. The molecule has 0 heterocycles. The first-order valence-corrected chi connectivity index (χ1v) is 6.78. The number of unbranched alkanes of at least 4 members (excludes halogenated alkanes) is 2. The van der Waals surface area contributed by atoms with Gasteiger partial charge in [-0.15, -0.1) is 0 Å². The number of nitrogens with zero attached hydrogens (tertiary/aromatic N) is 1. The molecule has 15 heavy (non-hydrogen) atoms. The van der Waals surface area contributed by atoms with Crippen LogP contribution in [0.4, 0.5) is 0 Å². The summed E-state index contributed by atoms with van der Waals surface area (Å²) in [4.78, 5) is 2.58. The zero-order valence-electron chi connectivity index (χ0n) is 11.6. The van der Waals surface area contributed by atoms with Crippen LogP contribution < -0.4 is 0 Å². The van der Waals surface area contributed by atoms with Crippen molar-refractivity contribution in [1.29, 1.82) is 0 Å². The van der Waals surface area contributed by atoms with E-state index < -0.39 is 0 Å². The third-order valence-electron chi connectivity index (χ3n) is 2.83. The third kappa shape index (κ3) is 10.2. The standard InChI is InChI=1S/C14H31N/c1-6-15(12-14(4)5)11-9-7-8-10-13(2)3/h13-14H,6-12H2,1-5H3. The molecule has 0 atom stereocenters. The predicted molar refractivity (Wildman–Crippen MR) is 70.3 cm³/mol. The monoisotopic (exact) mass is 213 g/mol. The first-order chi connectivity index (χ1) is 7.06. The van der Waals surface area contributed by atoms with Gasteiger partial charge in [0.25, 0.3) is 0 Å². The molecule has 0 N–H and O–H groups in total. The van der Waals surface area contributed by atoms with Gasteiger partial charge in [-0.3, -0.25) is 0 Å². The Morgan fingerprint density at radius 3 is 2.00 bits per heavy atom. The first kappa shape index (κ1) is 15.0. The second-order valence-corrected chi connectivity index (χ2v) is 5.53. The van der Waals surface area contributed by atoms with E-state index in [1.165, 1.54) is 45.3 Å². The molecular weight excluding hydrogens is 182 g/mol. The van der Waals surface area contributed by atoms with Crippen molar-refractivity contribution < 1.29 is 0 Å². The molecule has 0 rings (SSSR count). The topological polar surface area (TPSA) is 3.24 Å². The van der Waals surface area contributed by atoms with Crippen LogP contribution in [0.25, 0.3) is 0 Å². The summed E-state index contributed by atoms with van der Waals surface area (Å²) in [7, 11) is 0. The summed E-state index contributed by atoms with van der Waals surface area (Å²) in [5, 5.41) is 0. The highest BCUT2D eigenvalue weighted by atomic mass is 15.1. The molecule has 0 fully saturated rings. The van der Waals surface area contributed by atoms with Crippen LogP contribution in [-0.2, 0) is 0 Å². The van der Waals surface area contributed by atoms with Crippen molar-refractivity contribution in [2.45, 2.75) is 60.3 Å². The minimum Gasteiger partial charge on any atom is -0.303 e. The van der Waals surface area contributed by atoms with Crippen LogP contribution in [0.1, 0.15) is 60.3 Å². The Bertz CT molecular complexity index is 129. The molecule has 0 aliphatic rings. The maximum atomic E-state index is 2.58. The Morgan fingerprint density at radius 2 is 1.53 bits per heavy atom. The molecule has 0 aliphatic carbocycles. The molecule has 0 aromatic heterocycles. The SMILES string of the molecule is CCN(CCCCCC(C)C)CC(C)C. The lowest BCUT2D eigenvalue weighted by Crippen LogP contribution is -2.28. The molecular formula is C14H31N. The van der Waals surface area contributed by atoms with Gasteiger partial charge in [0.1, 0.15) is 0 Å². The fourth-order valence-corrected chi connectivity index (χ4v) is 1.96. The number of hydrogen-bond acceptors (Lipinski definition) is 1. The maximum absolute atomic E-state index is 2.58. The van der Waals surface area contributed by atoms with E-state index in [9.17, 15) is 0 Å². The van der Waals surface area contributed by atoms with Crippen LogP contribution in [0.15, 0.2) is 0 Å². The second-order valence-electron chi connectivity index (χ2n) is 5.53. The molecule has 0 radical (unpaired) electrons. The van der Waals surface area contributed by atoms with Gasteiger partial charge in [0.15, 0.2) is 0 Å². The molecule has 92 valence electrons. The lowest BCUT2D eigenvalue weighted by Gasteiger charge is -2.22. The smallest absolute Gasteiger partial charge is 0.000427 e. The summed E-state index contributed by atoms with van der Waals surface area (Å²) in [6, 6.07) is 0. The van der Waals surface area contributed by atoms with E-state index in [1.807, 2.05) is 0 Å². The first-order valence-electron chi connectivity index (χ1n) is 6.78. The van der Waals surface area contributed by atoms with Gasteiger partial charge in [-0.25, -0.2) is 0 Å². The van der Waals surface area contributed by atoms with E-state index in [4.69, 9.17) is 0 Å². The van der Waals surface area contributed by atoms with Crippen molar-refractivity contribution in [3.05, 3.63) is 0 Å². The van der Waals surface area contributed by atoms with Gasteiger partial charge in [0.2, 0.25) is 0 Å². The summed E-state index contributed by atoms with van der Waals surface area (Å²) < 4.78 is 0. The molecule has 0 aromatic carbocycles. The van der Waals surface area contributed by atoms with E-state index in [0.29, 0.717) is 0 Å². The largest absolute Gasteiger partial charge is 0.303 e. The highest BCUT2D eigenvalue weighted by Crippen LogP contribution is 2.09. The van der Waals surface area contributed by atoms with Crippen molar-refractivity contribution in [2.75, 3.05) is 19.6 Å². The van der Waals surface area contributed by atoms with E-state index in [0.717, 1.165) is 11.8 Å². The molecule has 0 saturated carbocycles. The Hall–Kier alpha value is -0.0400. The average molecular weight is 213 g/mol. The lowest BCUT2D eigenvalue weighted by atomic mass is 10.1. The summed E-state index contributed by atoms with van der Waals surface area (Å²) in [6.45, 7) is 15.3. The maximum Gasteiger partial charge on any atom is 0.000427 e. The van der Waals surface area contributed by atoms with Crippen molar-refractivity contribution in [3.8, 4) is 0 Å². The Morgan fingerprint density at radius 1 is 0.867 bits per heavy atom. The van der Waals surface area contributed by atoms with Crippen LogP contribution >= 0.6 is 0 Å². The zero-order valence-corrected chi connectivity index (χ0v) is 11.6. The van der Waals surface area contributed by atoms with Gasteiger partial charge >= 0.3 is 0 Å². The normalized spacial score (nSPS) is 12.0. The fraction of sp³-hybridized carbons (Fsp3) is 1.00. The molecule has 0 saturated heterocycles. The zero-order chi connectivity index (χ0) is 11.7.